The molecule has 0 amide bonds. The lowest BCUT2D eigenvalue weighted by molar-refractivity contribution is 0.305. The van der Waals surface area contributed by atoms with Crippen molar-refractivity contribution in [3.63, 3.8) is 0 Å². The first-order valence-electron chi connectivity index (χ1n) is 9.63. The molecule has 6 heteroatoms. The molecule has 3 rings (SSSR count). The molecule has 0 N–H and O–H groups in total. The minimum Gasteiger partial charge on any atom is -0.489 e. The molecule has 0 saturated heterocycles. The summed E-state index contributed by atoms with van der Waals surface area (Å²) in [6.07, 6.45) is 1.07. The summed E-state index contributed by atoms with van der Waals surface area (Å²) in [6, 6.07) is 14.0. The maximum Gasteiger partial charge on any atom is 0.204 e. The molecule has 158 valence electrons. The zero-order chi connectivity index (χ0) is 21.8. The number of hydrogen-bond acceptors (Lipinski definition) is 2. The molecule has 1 unspecified atom stereocenters. The fraction of sp³-hybridized carbons (Fsp3) is 0.250. The van der Waals surface area contributed by atoms with E-state index in [0.717, 1.165) is 18.9 Å². The molecule has 0 aliphatic heterocycles. The Bertz CT molecular complexity index is 986. The van der Waals surface area contributed by atoms with Gasteiger partial charge in [-0.25, -0.2) is 8.78 Å². The van der Waals surface area contributed by atoms with Gasteiger partial charge in [-0.3, -0.25) is 0 Å². The highest BCUT2D eigenvalue weighted by molar-refractivity contribution is 5.39. The fourth-order valence-corrected chi connectivity index (χ4v) is 2.88. The monoisotopic (exact) mass is 418 g/mol. The Labute approximate surface area is 173 Å². The third kappa shape index (κ3) is 4.58. The predicted molar refractivity (Wildman–Crippen MR) is 107 cm³/mol. The van der Waals surface area contributed by atoms with Crippen LogP contribution < -0.4 is 9.47 Å². The van der Waals surface area contributed by atoms with Crippen molar-refractivity contribution < 1.29 is 27.0 Å². The molecule has 0 aliphatic carbocycles. The van der Waals surface area contributed by atoms with Crippen LogP contribution in [0.25, 0.3) is 0 Å². The molecule has 3 aromatic rings. The first-order chi connectivity index (χ1) is 14.3. The quantitative estimate of drug-likeness (QED) is 0.293. The lowest BCUT2D eigenvalue weighted by Gasteiger charge is -2.12. The number of hydrogen-bond donors (Lipinski definition) is 0. The van der Waals surface area contributed by atoms with Gasteiger partial charge in [0, 0.05) is 5.56 Å². The maximum absolute atomic E-state index is 13.9. The second kappa shape index (κ2) is 9.20. The van der Waals surface area contributed by atoms with E-state index < -0.39 is 34.6 Å². The van der Waals surface area contributed by atoms with Crippen molar-refractivity contribution in [2.24, 2.45) is 0 Å². The Balaban J connectivity index is 1.66. The van der Waals surface area contributed by atoms with Crippen LogP contribution in [-0.4, -0.2) is 0 Å². The number of benzene rings is 3. The van der Waals surface area contributed by atoms with Crippen LogP contribution in [0.3, 0.4) is 0 Å². The summed E-state index contributed by atoms with van der Waals surface area (Å²) in [5.41, 5.74) is 1.53. The molecule has 0 aromatic heterocycles. The zero-order valence-corrected chi connectivity index (χ0v) is 16.9. The fourth-order valence-electron chi connectivity index (χ4n) is 2.88. The van der Waals surface area contributed by atoms with Gasteiger partial charge in [0.05, 0.1) is 0 Å². The summed E-state index contributed by atoms with van der Waals surface area (Å²) in [6.45, 7) is 5.61. The van der Waals surface area contributed by atoms with Crippen LogP contribution in [0.1, 0.15) is 42.9 Å². The lowest BCUT2D eigenvalue weighted by Crippen LogP contribution is -2.03. The van der Waals surface area contributed by atoms with Crippen LogP contribution in [0.15, 0.2) is 48.5 Å². The van der Waals surface area contributed by atoms with Crippen LogP contribution in [0.4, 0.5) is 17.6 Å². The van der Waals surface area contributed by atoms with Gasteiger partial charge in [-0.1, -0.05) is 38.1 Å². The molecule has 0 bridgehead atoms. The lowest BCUT2D eigenvalue weighted by atomic mass is 9.98. The van der Waals surface area contributed by atoms with Crippen molar-refractivity contribution in [2.45, 2.75) is 39.7 Å². The van der Waals surface area contributed by atoms with Crippen molar-refractivity contribution in [3.8, 4) is 17.2 Å². The van der Waals surface area contributed by atoms with Crippen molar-refractivity contribution in [2.75, 3.05) is 0 Å². The summed E-state index contributed by atoms with van der Waals surface area (Å²) in [5.74, 6) is -6.22. The predicted octanol–water partition coefficient (Wildman–Crippen LogP) is 7.44. The molecule has 30 heavy (non-hydrogen) atoms. The molecule has 0 saturated carbocycles. The summed E-state index contributed by atoms with van der Waals surface area (Å²) < 4.78 is 66.0. The SMILES string of the molecule is CCC(C)c1ccc(COc2ccc(Oc3c(F)c(F)c(C)c(F)c3F)cc2)cc1. The molecule has 0 radical (unpaired) electrons. The first-order valence-corrected chi connectivity index (χ1v) is 9.63. The van der Waals surface area contributed by atoms with E-state index in [0.29, 0.717) is 18.3 Å². The van der Waals surface area contributed by atoms with E-state index >= 15 is 0 Å². The van der Waals surface area contributed by atoms with Crippen LogP contribution in [-0.2, 0) is 6.61 Å². The van der Waals surface area contributed by atoms with E-state index in [9.17, 15) is 17.6 Å². The largest absolute Gasteiger partial charge is 0.489 e. The highest BCUT2D eigenvalue weighted by Gasteiger charge is 2.24. The summed E-state index contributed by atoms with van der Waals surface area (Å²) in [4.78, 5) is 0. The number of halogens is 4. The van der Waals surface area contributed by atoms with Gasteiger partial charge >= 0.3 is 0 Å². The molecule has 0 spiro atoms. The van der Waals surface area contributed by atoms with E-state index in [2.05, 4.69) is 26.0 Å². The highest BCUT2D eigenvalue weighted by atomic mass is 19.2. The van der Waals surface area contributed by atoms with E-state index in [1.165, 1.54) is 17.7 Å². The minimum atomic E-state index is -1.58. The number of ether oxygens (including phenoxy) is 2. The van der Waals surface area contributed by atoms with Crippen LogP contribution in [0.2, 0.25) is 0 Å². The van der Waals surface area contributed by atoms with Crippen molar-refractivity contribution in [1.29, 1.82) is 0 Å². The van der Waals surface area contributed by atoms with Crippen molar-refractivity contribution >= 4 is 0 Å². The molecule has 2 nitrogen and oxygen atoms in total. The smallest absolute Gasteiger partial charge is 0.204 e. The second-order valence-corrected chi connectivity index (χ2v) is 7.12. The van der Waals surface area contributed by atoms with Gasteiger partial charge in [0.15, 0.2) is 11.6 Å². The van der Waals surface area contributed by atoms with E-state index in [-0.39, 0.29) is 5.75 Å². The number of rotatable bonds is 7. The summed E-state index contributed by atoms with van der Waals surface area (Å²) in [5, 5.41) is 0. The van der Waals surface area contributed by atoms with Gasteiger partial charge in [0.25, 0.3) is 0 Å². The molecule has 0 fully saturated rings. The average molecular weight is 418 g/mol. The molecular weight excluding hydrogens is 396 g/mol. The van der Waals surface area contributed by atoms with Crippen molar-refractivity contribution in [1.82, 2.24) is 0 Å². The third-order valence-electron chi connectivity index (χ3n) is 5.05. The van der Waals surface area contributed by atoms with Gasteiger partial charge in [-0.05, 0) is 54.7 Å². The van der Waals surface area contributed by atoms with Crippen molar-refractivity contribution in [3.05, 3.63) is 88.5 Å². The maximum atomic E-state index is 13.9. The Morgan fingerprint density at radius 3 is 1.83 bits per heavy atom. The normalized spacial score (nSPS) is 12.0. The van der Waals surface area contributed by atoms with Gasteiger partial charge in [0.1, 0.15) is 18.1 Å². The standard InChI is InChI=1S/C24H22F4O2/c1-4-14(2)17-7-5-16(6-8-17)13-29-18-9-11-19(12-10-18)30-24-22(27)20(25)15(3)21(26)23(24)28/h5-12,14H,4,13H2,1-3H3. The molecule has 1 atom stereocenters. The van der Waals surface area contributed by atoms with Gasteiger partial charge < -0.3 is 9.47 Å². The van der Waals surface area contributed by atoms with E-state index in [1.807, 2.05) is 12.1 Å². The molecular formula is C24H22F4O2. The Kier molecular flexibility index (Phi) is 6.65. The Morgan fingerprint density at radius 1 is 0.767 bits per heavy atom. The highest BCUT2D eigenvalue weighted by Crippen LogP contribution is 2.33. The first kappa shape index (κ1) is 21.7. The molecule has 0 heterocycles. The average Bonchev–Trinajstić information content (AvgIpc) is 2.78. The van der Waals surface area contributed by atoms with Crippen LogP contribution in [0, 0.1) is 30.2 Å². The molecule has 3 aromatic carbocycles. The van der Waals surface area contributed by atoms with Gasteiger partial charge in [-0.2, -0.15) is 8.78 Å². The zero-order valence-electron chi connectivity index (χ0n) is 16.9. The third-order valence-corrected chi connectivity index (χ3v) is 5.05. The Morgan fingerprint density at radius 2 is 1.30 bits per heavy atom. The van der Waals surface area contributed by atoms with E-state index in [1.54, 1.807) is 12.1 Å². The van der Waals surface area contributed by atoms with Gasteiger partial charge in [0.2, 0.25) is 17.4 Å². The second-order valence-electron chi connectivity index (χ2n) is 7.12. The minimum absolute atomic E-state index is 0.0145. The topological polar surface area (TPSA) is 18.5 Å². The Hall–Kier alpha value is -3.02. The summed E-state index contributed by atoms with van der Waals surface area (Å²) in [7, 11) is 0. The van der Waals surface area contributed by atoms with E-state index in [4.69, 9.17) is 9.47 Å². The summed E-state index contributed by atoms with van der Waals surface area (Å²) >= 11 is 0. The van der Waals surface area contributed by atoms with Crippen LogP contribution >= 0.6 is 0 Å². The molecule has 0 aliphatic rings. The van der Waals surface area contributed by atoms with Gasteiger partial charge in [-0.15, -0.1) is 0 Å². The van der Waals surface area contributed by atoms with Crippen LogP contribution in [0.5, 0.6) is 17.2 Å².